The van der Waals surface area contributed by atoms with E-state index in [1.165, 1.54) is 18.9 Å². The Bertz CT molecular complexity index is 424. The molecule has 84 valence electrons. The Hall–Kier alpha value is -1.11. The molecule has 1 N–H and O–H groups in total. The number of hydrogen-bond donors (Lipinski definition) is 1. The molecule has 0 bridgehead atoms. The van der Waals surface area contributed by atoms with Crippen molar-refractivity contribution in [1.82, 2.24) is 5.32 Å². The van der Waals surface area contributed by atoms with Crippen LogP contribution in [0.5, 0.6) is 0 Å². The minimum absolute atomic E-state index is 0.0611. The number of benzene rings is 1. The first kappa shape index (κ1) is 11.4. The average molecular weight is 239 g/mol. The molecule has 1 aromatic rings. The summed E-state index contributed by atoms with van der Waals surface area (Å²) < 4.78 is 13.7. The van der Waals surface area contributed by atoms with Crippen molar-refractivity contribution in [2.45, 2.75) is 18.9 Å². The molecule has 4 heteroatoms. The predicted octanol–water partition coefficient (Wildman–Crippen LogP) is 3.04. The fourth-order valence-corrected chi connectivity index (χ4v) is 1.76. The zero-order valence-electron chi connectivity index (χ0n) is 8.71. The highest BCUT2D eigenvalue weighted by molar-refractivity contribution is 6.30. The molecule has 0 aromatic heterocycles. The molecule has 16 heavy (non-hydrogen) atoms. The maximum absolute atomic E-state index is 13.7. The Morgan fingerprint density at radius 1 is 1.56 bits per heavy atom. The van der Waals surface area contributed by atoms with Gasteiger partial charge in [-0.1, -0.05) is 23.7 Å². The normalized spacial score (nSPS) is 16.8. The number of hydrogen-bond acceptors (Lipinski definition) is 2. The summed E-state index contributed by atoms with van der Waals surface area (Å²) in [4.78, 5) is 0. The van der Waals surface area contributed by atoms with Gasteiger partial charge < -0.3 is 0 Å². The van der Waals surface area contributed by atoms with E-state index < -0.39 is 11.9 Å². The van der Waals surface area contributed by atoms with Gasteiger partial charge in [0.05, 0.1) is 11.1 Å². The molecule has 0 aliphatic heterocycles. The van der Waals surface area contributed by atoms with E-state index in [0.29, 0.717) is 11.5 Å². The third kappa shape index (κ3) is 2.52. The van der Waals surface area contributed by atoms with Crippen LogP contribution < -0.4 is 5.32 Å². The summed E-state index contributed by atoms with van der Waals surface area (Å²) in [6.45, 7) is 0.768. The van der Waals surface area contributed by atoms with Gasteiger partial charge in [-0.05, 0) is 31.4 Å². The zero-order valence-corrected chi connectivity index (χ0v) is 9.47. The van der Waals surface area contributed by atoms with Gasteiger partial charge in [0, 0.05) is 5.56 Å². The predicted molar refractivity (Wildman–Crippen MR) is 60.5 cm³/mol. The van der Waals surface area contributed by atoms with Crippen molar-refractivity contribution in [2.24, 2.45) is 5.92 Å². The fraction of sp³-hybridized carbons (Fsp3) is 0.417. The first-order valence-electron chi connectivity index (χ1n) is 5.29. The highest BCUT2D eigenvalue weighted by atomic mass is 35.5. The highest BCUT2D eigenvalue weighted by Crippen LogP contribution is 2.29. The van der Waals surface area contributed by atoms with Crippen molar-refractivity contribution in [2.75, 3.05) is 6.54 Å². The quantitative estimate of drug-likeness (QED) is 0.875. The van der Waals surface area contributed by atoms with E-state index in [1.54, 1.807) is 12.1 Å². The second kappa shape index (κ2) is 4.82. The third-order valence-corrected chi connectivity index (χ3v) is 3.02. The molecule has 0 saturated heterocycles. The number of rotatable bonds is 4. The van der Waals surface area contributed by atoms with Crippen molar-refractivity contribution < 1.29 is 4.39 Å². The largest absolute Gasteiger partial charge is 0.298 e. The first-order chi connectivity index (χ1) is 7.72. The lowest BCUT2D eigenvalue weighted by Gasteiger charge is -2.12. The van der Waals surface area contributed by atoms with Crippen LogP contribution >= 0.6 is 11.6 Å². The minimum atomic E-state index is -0.612. The summed E-state index contributed by atoms with van der Waals surface area (Å²) in [5.41, 5.74) is 0.329. The molecular weight excluding hydrogens is 227 g/mol. The van der Waals surface area contributed by atoms with Crippen molar-refractivity contribution in [3.63, 3.8) is 0 Å². The smallest absolute Gasteiger partial charge is 0.147 e. The van der Waals surface area contributed by atoms with E-state index in [9.17, 15) is 4.39 Å². The van der Waals surface area contributed by atoms with Gasteiger partial charge in [-0.3, -0.25) is 5.32 Å². The average Bonchev–Trinajstić information content (AvgIpc) is 3.08. The monoisotopic (exact) mass is 238 g/mol. The van der Waals surface area contributed by atoms with Crippen molar-refractivity contribution in [3.8, 4) is 6.07 Å². The highest BCUT2D eigenvalue weighted by Gasteiger charge is 2.24. The Morgan fingerprint density at radius 2 is 2.31 bits per heavy atom. The van der Waals surface area contributed by atoms with Crippen LogP contribution in [-0.4, -0.2) is 6.54 Å². The lowest BCUT2D eigenvalue weighted by molar-refractivity contribution is 0.548. The van der Waals surface area contributed by atoms with E-state index >= 15 is 0 Å². The Kier molecular flexibility index (Phi) is 3.42. The van der Waals surface area contributed by atoms with Crippen LogP contribution in [0.4, 0.5) is 4.39 Å². The van der Waals surface area contributed by atoms with E-state index in [1.807, 2.05) is 0 Å². The maximum atomic E-state index is 13.7. The number of halogens is 2. The molecule has 1 atom stereocenters. The number of nitrogens with one attached hydrogen (secondary N) is 1. The molecule has 1 saturated carbocycles. The van der Waals surface area contributed by atoms with Crippen molar-refractivity contribution in [3.05, 3.63) is 34.6 Å². The molecule has 1 fully saturated rings. The van der Waals surface area contributed by atoms with Crippen LogP contribution in [-0.2, 0) is 0 Å². The standard InChI is InChI=1S/C12H12ClFN2/c13-10-3-1-2-9(12(10)14)11(6-15)16-7-8-4-5-8/h1-3,8,11,16H,4-5,7H2. The van der Waals surface area contributed by atoms with Crippen molar-refractivity contribution in [1.29, 1.82) is 5.26 Å². The van der Waals surface area contributed by atoms with Gasteiger partial charge in [0.1, 0.15) is 11.9 Å². The van der Waals surface area contributed by atoms with Crippen molar-refractivity contribution >= 4 is 11.6 Å². The van der Waals surface area contributed by atoms with Gasteiger partial charge in [0.2, 0.25) is 0 Å². The molecule has 0 heterocycles. The number of nitrogens with zero attached hydrogens (tertiary/aromatic N) is 1. The Labute approximate surface area is 99.0 Å². The molecule has 1 aliphatic carbocycles. The van der Waals surface area contributed by atoms with Gasteiger partial charge in [0.25, 0.3) is 0 Å². The molecule has 1 unspecified atom stereocenters. The molecule has 1 aliphatic rings. The van der Waals surface area contributed by atoms with Crippen LogP contribution in [0.25, 0.3) is 0 Å². The molecule has 0 spiro atoms. The van der Waals surface area contributed by atoms with Crippen LogP contribution in [0.3, 0.4) is 0 Å². The third-order valence-electron chi connectivity index (χ3n) is 2.73. The summed E-state index contributed by atoms with van der Waals surface area (Å²) >= 11 is 5.68. The molecule has 1 aromatic carbocycles. The summed E-state index contributed by atoms with van der Waals surface area (Å²) in [5, 5.41) is 12.1. The topological polar surface area (TPSA) is 35.8 Å². The summed E-state index contributed by atoms with van der Waals surface area (Å²) in [6.07, 6.45) is 2.40. The van der Waals surface area contributed by atoms with E-state index in [0.717, 1.165) is 6.54 Å². The van der Waals surface area contributed by atoms with E-state index in [2.05, 4.69) is 11.4 Å². The Balaban J connectivity index is 2.12. The fourth-order valence-electron chi connectivity index (χ4n) is 1.58. The Morgan fingerprint density at radius 3 is 2.94 bits per heavy atom. The minimum Gasteiger partial charge on any atom is -0.298 e. The van der Waals surface area contributed by atoms with Crippen LogP contribution in [0.15, 0.2) is 18.2 Å². The van der Waals surface area contributed by atoms with Gasteiger partial charge in [-0.25, -0.2) is 4.39 Å². The van der Waals surface area contributed by atoms with E-state index in [4.69, 9.17) is 16.9 Å². The summed E-state index contributed by atoms with van der Waals surface area (Å²) in [7, 11) is 0. The van der Waals surface area contributed by atoms with Crippen LogP contribution in [0, 0.1) is 23.1 Å². The maximum Gasteiger partial charge on any atom is 0.147 e. The van der Waals surface area contributed by atoms with Gasteiger partial charge >= 0.3 is 0 Å². The van der Waals surface area contributed by atoms with Gasteiger partial charge in [0.15, 0.2) is 0 Å². The summed E-state index contributed by atoms with van der Waals surface area (Å²) in [5.74, 6) is 0.150. The first-order valence-corrected chi connectivity index (χ1v) is 5.67. The SMILES string of the molecule is N#CC(NCC1CC1)c1cccc(Cl)c1F. The zero-order chi connectivity index (χ0) is 11.5. The lowest BCUT2D eigenvalue weighted by atomic mass is 10.1. The molecule has 0 amide bonds. The van der Waals surface area contributed by atoms with Gasteiger partial charge in [-0.2, -0.15) is 5.26 Å². The number of nitriles is 1. The summed E-state index contributed by atoms with van der Waals surface area (Å²) in [6, 6.07) is 6.18. The van der Waals surface area contributed by atoms with E-state index in [-0.39, 0.29) is 5.02 Å². The van der Waals surface area contributed by atoms with Crippen LogP contribution in [0.2, 0.25) is 5.02 Å². The lowest BCUT2D eigenvalue weighted by Crippen LogP contribution is -2.23. The molecule has 2 rings (SSSR count). The molecule has 2 nitrogen and oxygen atoms in total. The van der Waals surface area contributed by atoms with Crippen LogP contribution in [0.1, 0.15) is 24.4 Å². The second-order valence-electron chi connectivity index (χ2n) is 4.06. The molecule has 0 radical (unpaired) electrons. The molecular formula is C12H12ClFN2. The second-order valence-corrected chi connectivity index (χ2v) is 4.46. The van der Waals surface area contributed by atoms with Gasteiger partial charge in [-0.15, -0.1) is 0 Å².